The summed E-state index contributed by atoms with van der Waals surface area (Å²) in [6, 6.07) is 6.06. The number of ether oxygens (including phenoxy) is 1. The standard InChI is InChI=1S/C13H18N2O2/c1-9(17-2)13(16)15-12-4-3-10-5-6-14-8-11(10)7-12/h3-4,7,9,14H,5-6,8H2,1-2H3,(H,15,16). The van der Waals surface area contributed by atoms with Gasteiger partial charge in [0.2, 0.25) is 0 Å². The number of carbonyl (C=O) groups is 1. The van der Waals surface area contributed by atoms with E-state index >= 15 is 0 Å². The first-order valence-corrected chi connectivity index (χ1v) is 5.87. The minimum atomic E-state index is -0.427. The lowest BCUT2D eigenvalue weighted by Gasteiger charge is -2.18. The summed E-state index contributed by atoms with van der Waals surface area (Å²) >= 11 is 0. The fourth-order valence-electron chi connectivity index (χ4n) is 1.91. The van der Waals surface area contributed by atoms with E-state index in [0.29, 0.717) is 0 Å². The maximum absolute atomic E-state index is 11.7. The van der Waals surface area contributed by atoms with Gasteiger partial charge in [-0.15, -0.1) is 0 Å². The second-order valence-electron chi connectivity index (χ2n) is 4.28. The number of benzene rings is 1. The van der Waals surface area contributed by atoms with E-state index in [9.17, 15) is 4.79 Å². The third-order valence-electron chi connectivity index (χ3n) is 3.08. The highest BCUT2D eigenvalue weighted by atomic mass is 16.5. The molecule has 0 aliphatic carbocycles. The van der Waals surface area contributed by atoms with Crippen molar-refractivity contribution in [3.63, 3.8) is 0 Å². The zero-order valence-electron chi connectivity index (χ0n) is 10.2. The number of nitrogens with one attached hydrogen (secondary N) is 2. The molecule has 0 radical (unpaired) electrons. The smallest absolute Gasteiger partial charge is 0.253 e. The van der Waals surface area contributed by atoms with E-state index in [-0.39, 0.29) is 5.91 Å². The van der Waals surface area contributed by atoms with Crippen LogP contribution in [0.1, 0.15) is 18.1 Å². The van der Waals surface area contributed by atoms with Crippen LogP contribution in [-0.2, 0) is 22.5 Å². The van der Waals surface area contributed by atoms with Gasteiger partial charge in [-0.1, -0.05) is 6.07 Å². The number of hydrogen-bond acceptors (Lipinski definition) is 3. The average Bonchev–Trinajstić information content (AvgIpc) is 2.37. The predicted octanol–water partition coefficient (Wildman–Crippen LogP) is 1.31. The predicted molar refractivity (Wildman–Crippen MR) is 67.0 cm³/mol. The highest BCUT2D eigenvalue weighted by Crippen LogP contribution is 2.19. The van der Waals surface area contributed by atoms with Gasteiger partial charge in [0, 0.05) is 19.3 Å². The first kappa shape index (κ1) is 12.1. The van der Waals surface area contributed by atoms with Crippen LogP contribution in [0.3, 0.4) is 0 Å². The Morgan fingerprint density at radius 2 is 2.29 bits per heavy atom. The van der Waals surface area contributed by atoms with Crippen LogP contribution >= 0.6 is 0 Å². The van der Waals surface area contributed by atoms with Crippen molar-refractivity contribution in [2.75, 3.05) is 19.0 Å². The van der Waals surface area contributed by atoms with Gasteiger partial charge in [0.05, 0.1) is 0 Å². The molecule has 0 fully saturated rings. The molecule has 1 unspecified atom stereocenters. The van der Waals surface area contributed by atoms with Crippen LogP contribution in [0.4, 0.5) is 5.69 Å². The summed E-state index contributed by atoms with van der Waals surface area (Å²) in [6.07, 6.45) is 0.627. The maximum atomic E-state index is 11.7. The Kier molecular flexibility index (Phi) is 3.76. The second kappa shape index (κ2) is 5.29. The fourth-order valence-corrected chi connectivity index (χ4v) is 1.91. The van der Waals surface area contributed by atoms with Crippen molar-refractivity contribution < 1.29 is 9.53 Å². The first-order valence-electron chi connectivity index (χ1n) is 5.87. The van der Waals surface area contributed by atoms with E-state index in [0.717, 1.165) is 25.2 Å². The van der Waals surface area contributed by atoms with Gasteiger partial charge in [-0.05, 0) is 43.1 Å². The zero-order chi connectivity index (χ0) is 12.3. The Morgan fingerprint density at radius 1 is 1.47 bits per heavy atom. The summed E-state index contributed by atoms with van der Waals surface area (Å²) in [4.78, 5) is 11.7. The van der Waals surface area contributed by atoms with Crippen LogP contribution < -0.4 is 10.6 Å². The van der Waals surface area contributed by atoms with Gasteiger partial charge in [0.25, 0.3) is 5.91 Å². The molecule has 0 bridgehead atoms. The molecule has 1 aromatic rings. The van der Waals surface area contributed by atoms with Gasteiger partial charge >= 0.3 is 0 Å². The minimum Gasteiger partial charge on any atom is -0.372 e. The SMILES string of the molecule is COC(C)C(=O)Nc1ccc2c(c1)CNCC2. The number of carbonyl (C=O) groups excluding carboxylic acids is 1. The van der Waals surface area contributed by atoms with Crippen LogP contribution in [0.2, 0.25) is 0 Å². The third-order valence-corrected chi connectivity index (χ3v) is 3.08. The number of fused-ring (bicyclic) bond motifs is 1. The van der Waals surface area contributed by atoms with E-state index in [2.05, 4.69) is 16.7 Å². The number of hydrogen-bond donors (Lipinski definition) is 2. The number of methoxy groups -OCH3 is 1. The molecule has 1 aliphatic rings. The van der Waals surface area contributed by atoms with Crippen molar-refractivity contribution in [3.8, 4) is 0 Å². The van der Waals surface area contributed by atoms with Crippen molar-refractivity contribution in [1.82, 2.24) is 5.32 Å². The largest absolute Gasteiger partial charge is 0.372 e. The van der Waals surface area contributed by atoms with Crippen LogP contribution in [-0.4, -0.2) is 25.7 Å². The second-order valence-corrected chi connectivity index (χ2v) is 4.28. The van der Waals surface area contributed by atoms with E-state index in [1.54, 1.807) is 6.92 Å². The molecular weight excluding hydrogens is 216 g/mol. The Balaban J connectivity index is 2.09. The lowest BCUT2D eigenvalue weighted by atomic mass is 10.0. The Hall–Kier alpha value is -1.39. The summed E-state index contributed by atoms with van der Waals surface area (Å²) in [5.74, 6) is -0.115. The molecule has 4 heteroatoms. The highest BCUT2D eigenvalue weighted by Gasteiger charge is 2.13. The van der Waals surface area contributed by atoms with E-state index < -0.39 is 6.10 Å². The van der Waals surface area contributed by atoms with Gasteiger partial charge in [0.1, 0.15) is 6.10 Å². The van der Waals surface area contributed by atoms with Crippen molar-refractivity contribution >= 4 is 11.6 Å². The molecule has 0 aromatic heterocycles. The monoisotopic (exact) mass is 234 g/mol. The van der Waals surface area contributed by atoms with Gasteiger partial charge in [-0.25, -0.2) is 0 Å². The molecule has 1 amide bonds. The summed E-state index contributed by atoms with van der Waals surface area (Å²) < 4.78 is 4.97. The van der Waals surface area contributed by atoms with Crippen LogP contribution in [0.25, 0.3) is 0 Å². The quantitative estimate of drug-likeness (QED) is 0.829. The van der Waals surface area contributed by atoms with Crippen molar-refractivity contribution in [1.29, 1.82) is 0 Å². The fraction of sp³-hybridized carbons (Fsp3) is 0.462. The molecule has 1 aromatic carbocycles. The van der Waals surface area contributed by atoms with Gasteiger partial charge in [-0.3, -0.25) is 4.79 Å². The minimum absolute atomic E-state index is 0.115. The number of rotatable bonds is 3. The van der Waals surface area contributed by atoms with Crippen LogP contribution in [0.15, 0.2) is 18.2 Å². The molecule has 1 heterocycles. The van der Waals surface area contributed by atoms with Crippen LogP contribution in [0, 0.1) is 0 Å². The van der Waals surface area contributed by atoms with Crippen molar-refractivity contribution in [2.24, 2.45) is 0 Å². The highest BCUT2D eigenvalue weighted by molar-refractivity contribution is 5.94. The topological polar surface area (TPSA) is 50.4 Å². The lowest BCUT2D eigenvalue weighted by Crippen LogP contribution is -2.27. The zero-order valence-corrected chi connectivity index (χ0v) is 10.2. The normalized spacial score (nSPS) is 16.1. The molecule has 2 N–H and O–H groups in total. The summed E-state index contributed by atoms with van der Waals surface area (Å²) in [5.41, 5.74) is 3.46. The summed E-state index contributed by atoms with van der Waals surface area (Å²) in [5, 5.41) is 6.17. The molecule has 0 saturated heterocycles. The van der Waals surface area contributed by atoms with E-state index in [1.807, 2.05) is 12.1 Å². The number of amides is 1. The average molecular weight is 234 g/mol. The maximum Gasteiger partial charge on any atom is 0.253 e. The molecule has 2 rings (SSSR count). The van der Waals surface area contributed by atoms with Crippen molar-refractivity contribution in [2.45, 2.75) is 26.0 Å². The Labute approximate surface area is 101 Å². The molecular formula is C13H18N2O2. The Bertz CT molecular complexity index is 418. The number of anilines is 1. The van der Waals surface area contributed by atoms with Gasteiger partial charge in [-0.2, -0.15) is 0 Å². The van der Waals surface area contributed by atoms with Crippen LogP contribution in [0.5, 0.6) is 0 Å². The van der Waals surface area contributed by atoms with Crippen molar-refractivity contribution in [3.05, 3.63) is 29.3 Å². The molecule has 1 atom stereocenters. The first-order chi connectivity index (χ1) is 8.20. The third kappa shape index (κ3) is 2.84. The Morgan fingerprint density at radius 3 is 3.06 bits per heavy atom. The van der Waals surface area contributed by atoms with E-state index in [1.165, 1.54) is 18.2 Å². The molecule has 1 aliphatic heterocycles. The molecule has 0 saturated carbocycles. The summed E-state index contributed by atoms with van der Waals surface area (Å²) in [6.45, 7) is 3.63. The van der Waals surface area contributed by atoms with Gasteiger partial charge < -0.3 is 15.4 Å². The molecule has 17 heavy (non-hydrogen) atoms. The lowest BCUT2D eigenvalue weighted by molar-refractivity contribution is -0.124. The summed E-state index contributed by atoms with van der Waals surface area (Å²) in [7, 11) is 1.53. The van der Waals surface area contributed by atoms with E-state index in [4.69, 9.17) is 4.74 Å². The van der Waals surface area contributed by atoms with Gasteiger partial charge in [0.15, 0.2) is 0 Å². The molecule has 4 nitrogen and oxygen atoms in total. The molecule has 0 spiro atoms. The molecule has 92 valence electrons.